The fourth-order valence-electron chi connectivity index (χ4n) is 2.11. The van der Waals surface area contributed by atoms with E-state index in [-0.39, 0.29) is 35.7 Å². The minimum Gasteiger partial charge on any atom is -0.508 e. The molecular weight excluding hydrogens is 254 g/mol. The highest BCUT2D eigenvalue weighted by Gasteiger charge is 2.31. The lowest BCUT2D eigenvalue weighted by Crippen LogP contribution is -2.49. The van der Waals surface area contributed by atoms with Crippen LogP contribution in [0, 0.1) is 0 Å². The number of rotatable bonds is 1. The Bertz CT molecular complexity index is 567. The number of hydrogen-bond donors (Lipinski definition) is 1. The summed E-state index contributed by atoms with van der Waals surface area (Å²) in [5.41, 5.74) is 0.376. The number of aromatic hydroxyl groups is 1. The van der Waals surface area contributed by atoms with Gasteiger partial charge in [-0.15, -0.1) is 0 Å². The Hall–Kier alpha value is -1.56. The fraction of sp³-hybridized carbons (Fsp3) is 0.417. The van der Waals surface area contributed by atoms with Crippen LogP contribution in [0.3, 0.4) is 0 Å². The van der Waals surface area contributed by atoms with Gasteiger partial charge in [0.1, 0.15) is 5.75 Å². The van der Waals surface area contributed by atoms with E-state index in [2.05, 4.69) is 0 Å². The molecule has 5 nitrogen and oxygen atoms in total. The van der Waals surface area contributed by atoms with Crippen LogP contribution in [0.25, 0.3) is 0 Å². The van der Waals surface area contributed by atoms with Gasteiger partial charge in [0.15, 0.2) is 9.84 Å². The molecule has 0 saturated carbocycles. The number of nitrogens with zero attached hydrogens (tertiary/aromatic N) is 1. The average molecular weight is 269 g/mol. The molecule has 0 bridgehead atoms. The highest BCUT2D eigenvalue weighted by atomic mass is 32.2. The molecule has 0 aromatic heterocycles. The second-order valence-electron chi connectivity index (χ2n) is 4.51. The van der Waals surface area contributed by atoms with Gasteiger partial charge in [0, 0.05) is 18.2 Å². The minimum absolute atomic E-state index is 0.00188. The first-order chi connectivity index (χ1) is 8.39. The molecule has 1 fully saturated rings. The van der Waals surface area contributed by atoms with Gasteiger partial charge in [-0.2, -0.15) is 0 Å². The Labute approximate surface area is 106 Å². The van der Waals surface area contributed by atoms with E-state index in [1.807, 2.05) is 0 Å². The molecule has 1 aliphatic heterocycles. The predicted octanol–water partition coefficient (Wildman–Crippen LogP) is 0.651. The summed E-state index contributed by atoms with van der Waals surface area (Å²) in [6, 6.07) is 5.74. The third kappa shape index (κ3) is 2.64. The number of benzene rings is 1. The van der Waals surface area contributed by atoms with E-state index in [1.165, 1.54) is 17.0 Å². The largest absolute Gasteiger partial charge is 0.508 e. The summed E-state index contributed by atoms with van der Waals surface area (Å²) in [6.45, 7) is 1.93. The molecule has 1 aromatic rings. The first-order valence-corrected chi connectivity index (χ1v) is 7.51. The Morgan fingerprint density at radius 2 is 2.17 bits per heavy atom. The number of amides is 1. The summed E-state index contributed by atoms with van der Waals surface area (Å²) in [5.74, 6) is -0.217. The number of sulfone groups is 1. The minimum atomic E-state index is -3.03. The smallest absolute Gasteiger partial charge is 0.254 e. The van der Waals surface area contributed by atoms with Gasteiger partial charge in [0.05, 0.1) is 11.5 Å². The van der Waals surface area contributed by atoms with Gasteiger partial charge in [0.2, 0.25) is 0 Å². The molecule has 1 N–H and O–H groups in total. The Balaban J connectivity index is 2.20. The maximum absolute atomic E-state index is 12.2. The van der Waals surface area contributed by atoms with Crippen molar-refractivity contribution < 1.29 is 18.3 Å². The van der Waals surface area contributed by atoms with E-state index in [4.69, 9.17) is 0 Å². The zero-order valence-corrected chi connectivity index (χ0v) is 10.9. The summed E-state index contributed by atoms with van der Waals surface area (Å²) in [7, 11) is -3.03. The summed E-state index contributed by atoms with van der Waals surface area (Å²) >= 11 is 0. The monoisotopic (exact) mass is 269 g/mol. The highest BCUT2D eigenvalue weighted by molar-refractivity contribution is 7.91. The molecule has 0 aliphatic carbocycles. The summed E-state index contributed by atoms with van der Waals surface area (Å²) < 4.78 is 22.9. The van der Waals surface area contributed by atoms with Crippen molar-refractivity contribution >= 4 is 15.7 Å². The maximum Gasteiger partial charge on any atom is 0.254 e. The van der Waals surface area contributed by atoms with Crippen molar-refractivity contribution in [3.8, 4) is 5.75 Å². The molecule has 1 heterocycles. The topological polar surface area (TPSA) is 74.7 Å². The number of hydrogen-bond acceptors (Lipinski definition) is 4. The quantitative estimate of drug-likeness (QED) is 0.812. The van der Waals surface area contributed by atoms with Crippen LogP contribution in [0.2, 0.25) is 0 Å². The number of phenolic OH excluding ortho intramolecular Hbond substituents is 1. The normalized spacial score (nSPS) is 22.7. The molecule has 0 radical (unpaired) electrons. The second kappa shape index (κ2) is 4.61. The predicted molar refractivity (Wildman–Crippen MR) is 67.3 cm³/mol. The highest BCUT2D eigenvalue weighted by Crippen LogP contribution is 2.18. The Kier molecular flexibility index (Phi) is 3.30. The molecule has 1 amide bonds. The molecule has 1 saturated heterocycles. The third-order valence-electron chi connectivity index (χ3n) is 3.02. The molecule has 0 spiro atoms. The van der Waals surface area contributed by atoms with Crippen molar-refractivity contribution in [2.24, 2.45) is 0 Å². The van der Waals surface area contributed by atoms with Crippen molar-refractivity contribution in [2.75, 3.05) is 18.1 Å². The van der Waals surface area contributed by atoms with Crippen LogP contribution in [-0.2, 0) is 9.84 Å². The van der Waals surface area contributed by atoms with Crippen molar-refractivity contribution in [3.63, 3.8) is 0 Å². The van der Waals surface area contributed by atoms with Crippen LogP contribution in [0.15, 0.2) is 24.3 Å². The van der Waals surface area contributed by atoms with Gasteiger partial charge in [-0.3, -0.25) is 4.79 Å². The standard InChI is InChI=1S/C12H15NO4S/c1-9-8-18(16,17)6-5-13(9)12(15)10-3-2-4-11(14)7-10/h2-4,7,9,14H,5-6,8H2,1H3. The number of phenols is 1. The molecule has 1 aromatic carbocycles. The molecule has 1 atom stereocenters. The molecule has 1 aliphatic rings. The van der Waals surface area contributed by atoms with E-state index >= 15 is 0 Å². The van der Waals surface area contributed by atoms with Crippen molar-refractivity contribution in [1.29, 1.82) is 0 Å². The average Bonchev–Trinajstić information content (AvgIpc) is 2.27. The molecule has 1 unspecified atom stereocenters. The van der Waals surface area contributed by atoms with E-state index in [9.17, 15) is 18.3 Å². The third-order valence-corrected chi connectivity index (χ3v) is 4.82. The molecular formula is C12H15NO4S. The second-order valence-corrected chi connectivity index (χ2v) is 6.74. The van der Waals surface area contributed by atoms with Gasteiger partial charge in [0.25, 0.3) is 5.91 Å². The van der Waals surface area contributed by atoms with Crippen molar-refractivity contribution in [1.82, 2.24) is 4.90 Å². The van der Waals surface area contributed by atoms with Crippen LogP contribution in [-0.4, -0.2) is 48.4 Å². The van der Waals surface area contributed by atoms with Crippen molar-refractivity contribution in [2.45, 2.75) is 13.0 Å². The van der Waals surface area contributed by atoms with Gasteiger partial charge in [-0.05, 0) is 25.1 Å². The molecule has 18 heavy (non-hydrogen) atoms. The number of carbonyl (C=O) groups excluding carboxylic acids is 1. The van der Waals surface area contributed by atoms with Crippen LogP contribution in [0.1, 0.15) is 17.3 Å². The molecule has 6 heteroatoms. The zero-order chi connectivity index (χ0) is 13.3. The molecule has 2 rings (SSSR count). The summed E-state index contributed by atoms with van der Waals surface area (Å²) in [4.78, 5) is 13.7. The lowest BCUT2D eigenvalue weighted by molar-refractivity contribution is 0.0712. The first kappa shape index (κ1) is 12.9. The van der Waals surface area contributed by atoms with Crippen LogP contribution >= 0.6 is 0 Å². The van der Waals surface area contributed by atoms with E-state index in [0.29, 0.717) is 5.56 Å². The summed E-state index contributed by atoms with van der Waals surface area (Å²) in [5, 5.41) is 9.34. The van der Waals surface area contributed by atoms with E-state index in [1.54, 1.807) is 19.1 Å². The van der Waals surface area contributed by atoms with Crippen LogP contribution < -0.4 is 0 Å². The van der Waals surface area contributed by atoms with Gasteiger partial charge >= 0.3 is 0 Å². The van der Waals surface area contributed by atoms with Crippen molar-refractivity contribution in [3.05, 3.63) is 29.8 Å². The zero-order valence-electron chi connectivity index (χ0n) is 10.0. The lowest BCUT2D eigenvalue weighted by atomic mass is 10.1. The SMILES string of the molecule is CC1CS(=O)(=O)CCN1C(=O)c1cccc(O)c1. The molecule has 98 valence electrons. The number of carbonyl (C=O) groups is 1. The summed E-state index contributed by atoms with van der Waals surface area (Å²) in [6.07, 6.45) is 0. The Morgan fingerprint density at radius 3 is 2.78 bits per heavy atom. The van der Waals surface area contributed by atoms with Crippen LogP contribution in [0.5, 0.6) is 5.75 Å². The van der Waals surface area contributed by atoms with Gasteiger partial charge < -0.3 is 10.0 Å². The Morgan fingerprint density at radius 1 is 1.44 bits per heavy atom. The lowest BCUT2D eigenvalue weighted by Gasteiger charge is -2.33. The van der Waals surface area contributed by atoms with E-state index in [0.717, 1.165) is 0 Å². The van der Waals surface area contributed by atoms with Crippen LogP contribution in [0.4, 0.5) is 0 Å². The van der Waals surface area contributed by atoms with Gasteiger partial charge in [-0.1, -0.05) is 6.07 Å². The van der Waals surface area contributed by atoms with Gasteiger partial charge in [-0.25, -0.2) is 8.42 Å². The van der Waals surface area contributed by atoms with E-state index < -0.39 is 9.84 Å². The maximum atomic E-state index is 12.2. The first-order valence-electron chi connectivity index (χ1n) is 5.69. The fourth-order valence-corrected chi connectivity index (χ4v) is 3.66.